The standard InChI is InChI=1S/C14H19ClN2O2.ClH/c1-17(10-11-2-4-12(15)5-3-11)13(18)14(16)6-8-19-9-7-14;/h2-5H,6-10,16H2,1H3;1H. The average Bonchev–Trinajstić information content (AvgIpc) is 2.41. The average molecular weight is 319 g/mol. The summed E-state index contributed by atoms with van der Waals surface area (Å²) in [6.07, 6.45) is 1.16. The highest BCUT2D eigenvalue weighted by molar-refractivity contribution is 6.30. The van der Waals surface area contributed by atoms with Crippen molar-refractivity contribution in [3.05, 3.63) is 34.9 Å². The van der Waals surface area contributed by atoms with Crippen molar-refractivity contribution in [1.29, 1.82) is 0 Å². The molecule has 0 unspecified atom stereocenters. The molecule has 1 aromatic carbocycles. The van der Waals surface area contributed by atoms with E-state index in [1.54, 1.807) is 11.9 Å². The highest BCUT2D eigenvalue weighted by atomic mass is 35.5. The molecule has 2 N–H and O–H groups in total. The van der Waals surface area contributed by atoms with Crippen molar-refractivity contribution >= 4 is 29.9 Å². The van der Waals surface area contributed by atoms with Gasteiger partial charge < -0.3 is 15.4 Å². The Morgan fingerprint density at radius 2 is 1.90 bits per heavy atom. The van der Waals surface area contributed by atoms with E-state index in [0.717, 1.165) is 5.56 Å². The van der Waals surface area contributed by atoms with Gasteiger partial charge in [-0.1, -0.05) is 23.7 Å². The fourth-order valence-electron chi connectivity index (χ4n) is 2.27. The summed E-state index contributed by atoms with van der Waals surface area (Å²) >= 11 is 5.84. The lowest BCUT2D eigenvalue weighted by atomic mass is 9.89. The molecule has 1 heterocycles. The minimum Gasteiger partial charge on any atom is -0.381 e. The van der Waals surface area contributed by atoms with Gasteiger partial charge in [0.05, 0.1) is 5.54 Å². The number of benzene rings is 1. The van der Waals surface area contributed by atoms with Crippen molar-refractivity contribution in [2.45, 2.75) is 24.9 Å². The second kappa shape index (κ2) is 7.27. The van der Waals surface area contributed by atoms with Crippen LogP contribution in [-0.2, 0) is 16.1 Å². The van der Waals surface area contributed by atoms with Crippen LogP contribution in [0.25, 0.3) is 0 Å². The van der Waals surface area contributed by atoms with E-state index in [-0.39, 0.29) is 18.3 Å². The molecule has 1 aromatic rings. The van der Waals surface area contributed by atoms with Gasteiger partial charge in [-0.2, -0.15) is 0 Å². The van der Waals surface area contributed by atoms with E-state index in [2.05, 4.69) is 0 Å². The second-order valence-corrected chi connectivity index (χ2v) is 5.49. The van der Waals surface area contributed by atoms with Gasteiger partial charge in [0.25, 0.3) is 0 Å². The number of nitrogens with two attached hydrogens (primary N) is 1. The van der Waals surface area contributed by atoms with E-state index in [1.165, 1.54) is 0 Å². The first kappa shape index (κ1) is 17.2. The zero-order valence-electron chi connectivity index (χ0n) is 11.5. The van der Waals surface area contributed by atoms with E-state index in [4.69, 9.17) is 22.1 Å². The van der Waals surface area contributed by atoms with Crippen LogP contribution < -0.4 is 5.73 Å². The van der Waals surface area contributed by atoms with Crippen LogP contribution in [0.5, 0.6) is 0 Å². The number of ether oxygens (including phenoxy) is 1. The van der Waals surface area contributed by atoms with Crippen LogP contribution >= 0.6 is 24.0 Å². The lowest BCUT2D eigenvalue weighted by Gasteiger charge is -2.35. The van der Waals surface area contributed by atoms with E-state index in [0.29, 0.717) is 37.6 Å². The molecule has 112 valence electrons. The van der Waals surface area contributed by atoms with Crippen molar-refractivity contribution in [3.63, 3.8) is 0 Å². The Morgan fingerprint density at radius 3 is 2.45 bits per heavy atom. The summed E-state index contributed by atoms with van der Waals surface area (Å²) in [5, 5.41) is 0.692. The van der Waals surface area contributed by atoms with Crippen LogP contribution in [0.15, 0.2) is 24.3 Å². The van der Waals surface area contributed by atoms with Gasteiger partial charge in [-0.05, 0) is 30.5 Å². The maximum absolute atomic E-state index is 12.4. The van der Waals surface area contributed by atoms with Crippen molar-refractivity contribution in [2.24, 2.45) is 5.73 Å². The molecule has 1 amide bonds. The molecule has 20 heavy (non-hydrogen) atoms. The molecule has 2 rings (SSSR count). The van der Waals surface area contributed by atoms with E-state index in [1.807, 2.05) is 24.3 Å². The predicted molar refractivity (Wildman–Crippen MR) is 82.1 cm³/mol. The van der Waals surface area contributed by atoms with E-state index < -0.39 is 5.54 Å². The zero-order valence-corrected chi connectivity index (χ0v) is 13.0. The monoisotopic (exact) mass is 318 g/mol. The molecule has 0 spiro atoms. The molecule has 1 fully saturated rings. The van der Waals surface area contributed by atoms with Gasteiger partial charge in [-0.3, -0.25) is 4.79 Å². The Labute approximate surface area is 130 Å². The second-order valence-electron chi connectivity index (χ2n) is 5.06. The lowest BCUT2D eigenvalue weighted by Crippen LogP contribution is -2.57. The summed E-state index contributed by atoms with van der Waals surface area (Å²) in [6.45, 7) is 1.64. The molecule has 1 aliphatic rings. The number of halogens is 2. The number of amides is 1. The Hall–Kier alpha value is -0.810. The van der Waals surface area contributed by atoms with Crippen molar-refractivity contribution in [3.8, 4) is 0 Å². The van der Waals surface area contributed by atoms with E-state index >= 15 is 0 Å². The van der Waals surface area contributed by atoms with Gasteiger partial charge in [0, 0.05) is 31.8 Å². The Kier molecular flexibility index (Phi) is 6.27. The first-order valence-electron chi connectivity index (χ1n) is 6.38. The Morgan fingerprint density at radius 1 is 1.35 bits per heavy atom. The molecular formula is C14H20Cl2N2O2. The summed E-state index contributed by atoms with van der Waals surface area (Å²) in [4.78, 5) is 14.1. The molecule has 1 aliphatic heterocycles. The van der Waals surface area contributed by atoms with Gasteiger partial charge in [0.15, 0.2) is 0 Å². The van der Waals surface area contributed by atoms with Crippen LogP contribution in [0.1, 0.15) is 18.4 Å². The van der Waals surface area contributed by atoms with E-state index in [9.17, 15) is 4.79 Å². The Bertz CT molecular complexity index is 445. The maximum atomic E-state index is 12.4. The topological polar surface area (TPSA) is 55.6 Å². The minimum atomic E-state index is -0.778. The number of carbonyl (C=O) groups is 1. The first-order valence-corrected chi connectivity index (χ1v) is 6.76. The quantitative estimate of drug-likeness (QED) is 0.929. The summed E-state index contributed by atoms with van der Waals surface area (Å²) in [5.41, 5.74) is 6.45. The number of hydrogen-bond acceptors (Lipinski definition) is 3. The molecule has 0 aromatic heterocycles. The molecule has 1 saturated heterocycles. The summed E-state index contributed by atoms with van der Waals surface area (Å²) in [5.74, 6) is -0.0225. The van der Waals surface area contributed by atoms with Gasteiger partial charge in [0.1, 0.15) is 0 Å². The number of likely N-dealkylation sites (N-methyl/N-ethyl adjacent to an activating group) is 1. The molecule has 0 bridgehead atoms. The SMILES string of the molecule is CN(Cc1ccc(Cl)cc1)C(=O)C1(N)CCOCC1.Cl. The summed E-state index contributed by atoms with van der Waals surface area (Å²) in [7, 11) is 1.78. The fraction of sp³-hybridized carbons (Fsp3) is 0.500. The van der Waals surface area contributed by atoms with Gasteiger partial charge >= 0.3 is 0 Å². The number of hydrogen-bond donors (Lipinski definition) is 1. The van der Waals surface area contributed by atoms with Crippen LogP contribution in [0.3, 0.4) is 0 Å². The minimum absolute atomic E-state index is 0. The largest absolute Gasteiger partial charge is 0.381 e. The lowest BCUT2D eigenvalue weighted by molar-refractivity contribution is -0.139. The molecule has 0 aliphatic carbocycles. The number of rotatable bonds is 3. The third kappa shape index (κ3) is 4.09. The molecule has 0 atom stereocenters. The van der Waals surface area contributed by atoms with Crippen molar-refractivity contribution < 1.29 is 9.53 Å². The van der Waals surface area contributed by atoms with Crippen molar-refractivity contribution in [1.82, 2.24) is 4.90 Å². The van der Waals surface area contributed by atoms with Gasteiger partial charge in [-0.25, -0.2) is 0 Å². The third-order valence-electron chi connectivity index (χ3n) is 3.49. The highest BCUT2D eigenvalue weighted by Crippen LogP contribution is 2.21. The van der Waals surface area contributed by atoms with Crippen LogP contribution in [-0.4, -0.2) is 36.6 Å². The summed E-state index contributed by atoms with van der Waals surface area (Å²) < 4.78 is 5.26. The molecule has 0 radical (unpaired) electrons. The van der Waals surface area contributed by atoms with Gasteiger partial charge in [-0.15, -0.1) is 12.4 Å². The smallest absolute Gasteiger partial charge is 0.242 e. The Balaban J connectivity index is 0.00000200. The normalized spacial score (nSPS) is 17.1. The molecule has 0 saturated carbocycles. The molecule has 4 nitrogen and oxygen atoms in total. The maximum Gasteiger partial charge on any atom is 0.242 e. The fourth-order valence-corrected chi connectivity index (χ4v) is 2.39. The number of carbonyl (C=O) groups excluding carboxylic acids is 1. The van der Waals surface area contributed by atoms with Crippen LogP contribution in [0.2, 0.25) is 5.02 Å². The summed E-state index contributed by atoms with van der Waals surface area (Å²) in [6, 6.07) is 7.47. The number of nitrogens with zero attached hydrogens (tertiary/aromatic N) is 1. The van der Waals surface area contributed by atoms with Crippen LogP contribution in [0, 0.1) is 0 Å². The van der Waals surface area contributed by atoms with Crippen LogP contribution in [0.4, 0.5) is 0 Å². The third-order valence-corrected chi connectivity index (χ3v) is 3.74. The predicted octanol–water partition coefficient (Wildman–Crippen LogP) is 2.23. The first-order chi connectivity index (χ1) is 9.01. The van der Waals surface area contributed by atoms with Crippen molar-refractivity contribution in [2.75, 3.05) is 20.3 Å². The van der Waals surface area contributed by atoms with Gasteiger partial charge in [0.2, 0.25) is 5.91 Å². The zero-order chi connectivity index (χ0) is 13.9. The molecular weight excluding hydrogens is 299 g/mol. The highest BCUT2D eigenvalue weighted by Gasteiger charge is 2.37. The molecule has 6 heteroatoms.